The van der Waals surface area contributed by atoms with Gasteiger partial charge < -0.3 is 10.1 Å². The summed E-state index contributed by atoms with van der Waals surface area (Å²) in [6.07, 6.45) is 1.08. The molecule has 2 rings (SSSR count). The van der Waals surface area contributed by atoms with Gasteiger partial charge in [-0.3, -0.25) is 0 Å². The van der Waals surface area contributed by atoms with Crippen molar-refractivity contribution in [2.75, 3.05) is 13.7 Å². The molecule has 0 saturated carbocycles. The molecule has 0 bridgehead atoms. The first-order valence-corrected chi connectivity index (χ1v) is 7.55. The van der Waals surface area contributed by atoms with Crippen LogP contribution in [0.5, 0.6) is 0 Å². The number of hydrogen-bond donors (Lipinski definition) is 1. The zero-order chi connectivity index (χ0) is 15.1. The SMILES string of the molecule is CCc1ccc(CN[C@](C)(COC)c2ccccc2)cc1. The van der Waals surface area contributed by atoms with E-state index in [4.69, 9.17) is 4.74 Å². The van der Waals surface area contributed by atoms with E-state index in [9.17, 15) is 0 Å². The normalized spacial score (nSPS) is 13.9. The first-order chi connectivity index (χ1) is 10.2. The Morgan fingerprint density at radius 3 is 2.14 bits per heavy atom. The van der Waals surface area contributed by atoms with Gasteiger partial charge in [-0.2, -0.15) is 0 Å². The molecule has 0 aliphatic heterocycles. The maximum absolute atomic E-state index is 5.42. The summed E-state index contributed by atoms with van der Waals surface area (Å²) in [5.74, 6) is 0. The van der Waals surface area contributed by atoms with Crippen LogP contribution in [0.4, 0.5) is 0 Å². The summed E-state index contributed by atoms with van der Waals surface area (Å²) in [6, 6.07) is 19.3. The minimum absolute atomic E-state index is 0.181. The lowest BCUT2D eigenvalue weighted by molar-refractivity contribution is 0.117. The third-order valence-electron chi connectivity index (χ3n) is 3.96. The molecule has 0 radical (unpaired) electrons. The molecule has 112 valence electrons. The van der Waals surface area contributed by atoms with E-state index in [1.54, 1.807) is 7.11 Å². The number of rotatable bonds is 7. The fourth-order valence-electron chi connectivity index (χ4n) is 2.52. The lowest BCUT2D eigenvalue weighted by Gasteiger charge is -2.31. The predicted molar refractivity (Wildman–Crippen MR) is 88.3 cm³/mol. The van der Waals surface area contributed by atoms with Crippen molar-refractivity contribution < 1.29 is 4.74 Å². The minimum Gasteiger partial charge on any atom is -0.382 e. The monoisotopic (exact) mass is 283 g/mol. The van der Waals surface area contributed by atoms with Crippen molar-refractivity contribution in [2.45, 2.75) is 32.4 Å². The van der Waals surface area contributed by atoms with Gasteiger partial charge in [-0.05, 0) is 30.0 Å². The molecule has 0 spiro atoms. The van der Waals surface area contributed by atoms with Crippen LogP contribution >= 0.6 is 0 Å². The predicted octanol–water partition coefficient (Wildman–Crippen LogP) is 3.90. The Bertz CT molecular complexity index is 535. The second-order valence-electron chi connectivity index (χ2n) is 5.65. The number of nitrogens with one attached hydrogen (secondary N) is 1. The van der Waals surface area contributed by atoms with Crippen LogP contribution in [0.3, 0.4) is 0 Å². The Morgan fingerprint density at radius 2 is 1.57 bits per heavy atom. The Kier molecular flexibility index (Phi) is 5.54. The van der Waals surface area contributed by atoms with Gasteiger partial charge in [-0.25, -0.2) is 0 Å². The van der Waals surface area contributed by atoms with Gasteiger partial charge in [0.2, 0.25) is 0 Å². The lowest BCUT2D eigenvalue weighted by atomic mass is 9.92. The van der Waals surface area contributed by atoms with E-state index >= 15 is 0 Å². The molecular formula is C19H25NO. The van der Waals surface area contributed by atoms with Crippen LogP contribution in [0.2, 0.25) is 0 Å². The second-order valence-corrected chi connectivity index (χ2v) is 5.65. The van der Waals surface area contributed by atoms with Gasteiger partial charge in [0.15, 0.2) is 0 Å². The third-order valence-corrected chi connectivity index (χ3v) is 3.96. The average Bonchev–Trinajstić information content (AvgIpc) is 2.54. The molecule has 0 amide bonds. The molecule has 2 aromatic carbocycles. The summed E-state index contributed by atoms with van der Waals surface area (Å²) in [5, 5.41) is 3.64. The van der Waals surface area contributed by atoms with Crippen LogP contribution in [0, 0.1) is 0 Å². The molecule has 1 atom stereocenters. The Labute approximate surface area is 128 Å². The topological polar surface area (TPSA) is 21.3 Å². The maximum Gasteiger partial charge on any atom is 0.0683 e. The van der Waals surface area contributed by atoms with Crippen LogP contribution in [-0.4, -0.2) is 13.7 Å². The summed E-state index contributed by atoms with van der Waals surface area (Å²) in [5.41, 5.74) is 3.74. The average molecular weight is 283 g/mol. The highest BCUT2D eigenvalue weighted by Crippen LogP contribution is 2.21. The maximum atomic E-state index is 5.42. The van der Waals surface area contributed by atoms with E-state index in [2.05, 4.69) is 67.7 Å². The van der Waals surface area contributed by atoms with Crippen molar-refractivity contribution in [3.63, 3.8) is 0 Å². The van der Waals surface area contributed by atoms with Crippen LogP contribution < -0.4 is 5.32 Å². The van der Waals surface area contributed by atoms with E-state index in [-0.39, 0.29) is 5.54 Å². The summed E-state index contributed by atoms with van der Waals surface area (Å²) in [4.78, 5) is 0. The smallest absolute Gasteiger partial charge is 0.0683 e. The van der Waals surface area contributed by atoms with Crippen LogP contribution in [0.25, 0.3) is 0 Å². The lowest BCUT2D eigenvalue weighted by Crippen LogP contribution is -2.43. The van der Waals surface area contributed by atoms with Crippen molar-refractivity contribution in [1.82, 2.24) is 5.32 Å². The molecule has 0 aromatic heterocycles. The Morgan fingerprint density at radius 1 is 0.952 bits per heavy atom. The third kappa shape index (κ3) is 4.16. The zero-order valence-corrected chi connectivity index (χ0v) is 13.2. The minimum atomic E-state index is -0.181. The highest BCUT2D eigenvalue weighted by atomic mass is 16.5. The van der Waals surface area contributed by atoms with Gasteiger partial charge in [0.1, 0.15) is 0 Å². The molecule has 0 unspecified atom stereocenters. The van der Waals surface area contributed by atoms with Crippen molar-refractivity contribution >= 4 is 0 Å². The van der Waals surface area contributed by atoms with Gasteiger partial charge in [0.25, 0.3) is 0 Å². The number of hydrogen-bond acceptors (Lipinski definition) is 2. The molecule has 21 heavy (non-hydrogen) atoms. The van der Waals surface area contributed by atoms with Crippen molar-refractivity contribution in [1.29, 1.82) is 0 Å². The van der Waals surface area contributed by atoms with Crippen molar-refractivity contribution in [2.24, 2.45) is 0 Å². The molecule has 0 saturated heterocycles. The first kappa shape index (κ1) is 15.7. The fraction of sp³-hybridized carbons (Fsp3) is 0.368. The number of aryl methyl sites for hydroxylation is 1. The van der Waals surface area contributed by atoms with E-state index in [1.807, 2.05) is 6.07 Å². The molecular weight excluding hydrogens is 258 g/mol. The molecule has 0 aliphatic carbocycles. The van der Waals surface area contributed by atoms with Crippen LogP contribution in [-0.2, 0) is 23.2 Å². The fourth-order valence-corrected chi connectivity index (χ4v) is 2.52. The first-order valence-electron chi connectivity index (χ1n) is 7.55. The quantitative estimate of drug-likeness (QED) is 0.832. The van der Waals surface area contributed by atoms with Gasteiger partial charge in [-0.1, -0.05) is 61.5 Å². The van der Waals surface area contributed by atoms with Crippen molar-refractivity contribution in [3.8, 4) is 0 Å². The van der Waals surface area contributed by atoms with E-state index in [1.165, 1.54) is 16.7 Å². The summed E-state index contributed by atoms with van der Waals surface area (Å²) in [6.45, 7) is 5.84. The van der Waals surface area contributed by atoms with Gasteiger partial charge >= 0.3 is 0 Å². The van der Waals surface area contributed by atoms with Crippen molar-refractivity contribution in [3.05, 3.63) is 71.3 Å². The summed E-state index contributed by atoms with van der Waals surface area (Å²) >= 11 is 0. The molecule has 2 heteroatoms. The Hall–Kier alpha value is -1.64. The highest BCUT2D eigenvalue weighted by molar-refractivity contribution is 5.26. The molecule has 2 aromatic rings. The van der Waals surface area contributed by atoms with E-state index < -0.39 is 0 Å². The summed E-state index contributed by atoms with van der Waals surface area (Å²) < 4.78 is 5.42. The molecule has 1 N–H and O–H groups in total. The molecule has 0 fully saturated rings. The molecule has 0 aliphatic rings. The highest BCUT2D eigenvalue weighted by Gasteiger charge is 2.25. The number of methoxy groups -OCH3 is 1. The summed E-state index contributed by atoms with van der Waals surface area (Å²) in [7, 11) is 1.75. The zero-order valence-electron chi connectivity index (χ0n) is 13.2. The molecule has 2 nitrogen and oxygen atoms in total. The second kappa shape index (κ2) is 7.39. The van der Waals surface area contributed by atoms with Gasteiger partial charge in [0.05, 0.1) is 12.1 Å². The number of benzene rings is 2. The number of ether oxygens (including phenoxy) is 1. The van der Waals surface area contributed by atoms with Crippen LogP contribution in [0.15, 0.2) is 54.6 Å². The molecule has 0 heterocycles. The van der Waals surface area contributed by atoms with E-state index in [0.29, 0.717) is 6.61 Å². The Balaban J connectivity index is 2.09. The largest absolute Gasteiger partial charge is 0.382 e. The van der Waals surface area contributed by atoms with Gasteiger partial charge in [-0.15, -0.1) is 0 Å². The standard InChI is InChI=1S/C19H25NO/c1-4-16-10-12-17(13-11-16)14-20-19(2,15-21-3)18-8-6-5-7-9-18/h5-13,20H,4,14-15H2,1-3H3/t19-/m1/s1. The van der Waals surface area contributed by atoms with Gasteiger partial charge in [0, 0.05) is 13.7 Å². The van der Waals surface area contributed by atoms with E-state index in [0.717, 1.165) is 13.0 Å². The van der Waals surface area contributed by atoms with Crippen LogP contribution in [0.1, 0.15) is 30.5 Å².